The number of aliphatic hydroxyl groups is 1. The molecule has 1 amide bonds. The molecule has 6 nitrogen and oxygen atoms in total. The molecule has 0 saturated carbocycles. The standard InChI is InChI=1S/C29H34N2O4/c1-20-17-25(18-21(2)31(20)34)24-13-11-23(12-14-24)22(3)30-16-15-29(35-27(30)32,19-28(4,5)33)26-9-7-6-8-10-26/h6-14,17-18,22,33H,15-16,19H2,1-5H3/t22-,29?/m0/s1. The van der Waals surface area contributed by atoms with Crippen LogP contribution < -0.4 is 4.73 Å². The Morgan fingerprint density at radius 2 is 1.66 bits per heavy atom. The molecule has 6 heteroatoms. The Hall–Kier alpha value is -3.38. The smallest absolute Gasteiger partial charge is 0.411 e. The number of benzene rings is 2. The van der Waals surface area contributed by atoms with E-state index in [1.54, 1.807) is 32.6 Å². The molecule has 1 aliphatic rings. The molecule has 35 heavy (non-hydrogen) atoms. The number of nitrogens with zero attached hydrogens (tertiary/aromatic N) is 2. The summed E-state index contributed by atoms with van der Waals surface area (Å²) in [6.07, 6.45) is 0.536. The Morgan fingerprint density at radius 1 is 1.06 bits per heavy atom. The summed E-state index contributed by atoms with van der Waals surface area (Å²) in [4.78, 5) is 15.0. The van der Waals surface area contributed by atoms with Gasteiger partial charge >= 0.3 is 6.09 Å². The molecule has 1 saturated heterocycles. The van der Waals surface area contributed by atoms with Crippen molar-refractivity contribution in [3.63, 3.8) is 0 Å². The highest BCUT2D eigenvalue weighted by molar-refractivity contribution is 5.70. The van der Waals surface area contributed by atoms with E-state index >= 15 is 0 Å². The van der Waals surface area contributed by atoms with Crippen molar-refractivity contribution in [3.05, 3.63) is 94.5 Å². The van der Waals surface area contributed by atoms with Crippen LogP contribution >= 0.6 is 0 Å². The molecule has 184 valence electrons. The molecule has 2 heterocycles. The summed E-state index contributed by atoms with van der Waals surface area (Å²) in [5, 5.41) is 22.5. The highest BCUT2D eigenvalue weighted by atomic mass is 16.6. The fourth-order valence-electron chi connectivity index (χ4n) is 5.08. The number of hydrogen-bond donors (Lipinski definition) is 1. The van der Waals surface area contributed by atoms with Gasteiger partial charge in [-0.2, -0.15) is 4.73 Å². The van der Waals surface area contributed by atoms with E-state index in [0.29, 0.717) is 30.8 Å². The molecular weight excluding hydrogens is 440 g/mol. The minimum absolute atomic E-state index is 0.171. The van der Waals surface area contributed by atoms with E-state index in [1.807, 2.05) is 73.7 Å². The lowest BCUT2D eigenvalue weighted by Gasteiger charge is -2.45. The van der Waals surface area contributed by atoms with E-state index < -0.39 is 11.2 Å². The second kappa shape index (κ2) is 9.34. The van der Waals surface area contributed by atoms with Crippen LogP contribution in [0.1, 0.15) is 62.2 Å². The van der Waals surface area contributed by atoms with E-state index in [4.69, 9.17) is 4.74 Å². The number of carbonyl (C=O) groups excluding carboxylic acids is 1. The Kier molecular flexibility index (Phi) is 6.60. The van der Waals surface area contributed by atoms with Gasteiger partial charge in [-0.15, -0.1) is 0 Å². The molecule has 0 radical (unpaired) electrons. The first-order valence-electron chi connectivity index (χ1n) is 12.1. The van der Waals surface area contributed by atoms with Gasteiger partial charge in [-0.05, 0) is 43.0 Å². The van der Waals surface area contributed by atoms with Crippen LogP contribution in [0.15, 0.2) is 66.7 Å². The van der Waals surface area contributed by atoms with Gasteiger partial charge in [0.2, 0.25) is 0 Å². The Labute approximate surface area is 207 Å². The maximum atomic E-state index is 13.3. The fourth-order valence-corrected chi connectivity index (χ4v) is 5.08. The summed E-state index contributed by atoms with van der Waals surface area (Å²) < 4.78 is 7.04. The number of carbonyl (C=O) groups is 1. The van der Waals surface area contributed by atoms with Crippen molar-refractivity contribution in [3.8, 4) is 11.1 Å². The van der Waals surface area contributed by atoms with Crippen molar-refractivity contribution in [2.45, 2.75) is 64.7 Å². The molecule has 2 atom stereocenters. The van der Waals surface area contributed by atoms with Gasteiger partial charge in [0.25, 0.3) is 0 Å². The van der Waals surface area contributed by atoms with Crippen molar-refractivity contribution in [1.82, 2.24) is 4.90 Å². The number of ether oxygens (including phenoxy) is 1. The van der Waals surface area contributed by atoms with E-state index in [-0.39, 0.29) is 12.1 Å². The van der Waals surface area contributed by atoms with Gasteiger partial charge in [-0.1, -0.05) is 54.6 Å². The molecule has 1 N–H and O–H groups in total. The number of amides is 1. The Balaban J connectivity index is 1.54. The second-order valence-corrected chi connectivity index (χ2v) is 10.3. The third kappa shape index (κ3) is 5.17. The summed E-state index contributed by atoms with van der Waals surface area (Å²) in [7, 11) is 0. The van der Waals surface area contributed by atoms with Crippen LogP contribution in [-0.4, -0.2) is 28.2 Å². The van der Waals surface area contributed by atoms with Crippen molar-refractivity contribution >= 4 is 6.09 Å². The van der Waals surface area contributed by atoms with Gasteiger partial charge in [-0.3, -0.25) is 0 Å². The summed E-state index contributed by atoms with van der Waals surface area (Å²) in [5.41, 5.74) is 3.37. The largest absolute Gasteiger partial charge is 0.618 e. The SMILES string of the molecule is Cc1cc(-c2ccc([C@H](C)N3CCC(CC(C)(C)O)(c4ccccc4)OC3=O)cc2)cc(C)[n+]1[O-]. The molecule has 0 aliphatic carbocycles. The van der Waals surface area contributed by atoms with Crippen LogP contribution in [0.2, 0.25) is 0 Å². The first kappa shape index (κ1) is 24.7. The minimum Gasteiger partial charge on any atom is -0.618 e. The zero-order valence-electron chi connectivity index (χ0n) is 21.1. The number of hydrogen-bond acceptors (Lipinski definition) is 4. The van der Waals surface area contributed by atoms with Crippen molar-refractivity contribution in [2.24, 2.45) is 0 Å². The van der Waals surface area contributed by atoms with E-state index in [9.17, 15) is 15.1 Å². The maximum absolute atomic E-state index is 13.3. The van der Waals surface area contributed by atoms with Crippen LogP contribution in [0, 0.1) is 19.1 Å². The monoisotopic (exact) mass is 474 g/mol. The van der Waals surface area contributed by atoms with Gasteiger partial charge in [0.1, 0.15) is 5.60 Å². The van der Waals surface area contributed by atoms with Crippen molar-refractivity contribution in [1.29, 1.82) is 0 Å². The van der Waals surface area contributed by atoms with Crippen LogP contribution in [0.4, 0.5) is 4.79 Å². The number of aryl methyl sites for hydroxylation is 2. The summed E-state index contributed by atoms with van der Waals surface area (Å²) in [6, 6.07) is 21.4. The second-order valence-electron chi connectivity index (χ2n) is 10.3. The average Bonchev–Trinajstić information content (AvgIpc) is 2.81. The van der Waals surface area contributed by atoms with Crippen LogP contribution in [0.3, 0.4) is 0 Å². The van der Waals surface area contributed by atoms with Crippen molar-refractivity contribution < 1.29 is 19.4 Å². The fraction of sp³-hybridized carbons (Fsp3) is 0.379. The van der Waals surface area contributed by atoms with Gasteiger partial charge < -0.3 is 20.0 Å². The summed E-state index contributed by atoms with van der Waals surface area (Å²) in [5.74, 6) is 0. The number of pyridine rings is 1. The zero-order chi connectivity index (χ0) is 25.4. The highest BCUT2D eigenvalue weighted by Gasteiger charge is 2.46. The molecule has 1 fully saturated rings. The molecule has 1 aromatic heterocycles. The summed E-state index contributed by atoms with van der Waals surface area (Å²) in [6.45, 7) is 9.61. The van der Waals surface area contributed by atoms with Gasteiger partial charge in [0, 0.05) is 45.4 Å². The van der Waals surface area contributed by atoms with Gasteiger partial charge in [0.05, 0.1) is 11.6 Å². The average molecular weight is 475 g/mol. The Morgan fingerprint density at radius 3 is 2.20 bits per heavy atom. The van der Waals surface area contributed by atoms with Crippen LogP contribution in [-0.2, 0) is 10.3 Å². The normalized spacial score (nSPS) is 19.4. The first-order valence-corrected chi connectivity index (χ1v) is 12.1. The predicted molar refractivity (Wildman–Crippen MR) is 136 cm³/mol. The summed E-state index contributed by atoms with van der Waals surface area (Å²) >= 11 is 0. The number of aromatic nitrogens is 1. The Bertz CT molecular complexity index is 1180. The lowest BCUT2D eigenvalue weighted by atomic mass is 9.80. The minimum atomic E-state index is -0.987. The molecule has 0 bridgehead atoms. The topological polar surface area (TPSA) is 76.7 Å². The van der Waals surface area contributed by atoms with Gasteiger partial charge in [0.15, 0.2) is 11.4 Å². The number of rotatable bonds is 6. The van der Waals surface area contributed by atoms with Gasteiger partial charge in [-0.25, -0.2) is 4.79 Å². The highest BCUT2D eigenvalue weighted by Crippen LogP contribution is 2.42. The predicted octanol–water partition coefficient (Wildman–Crippen LogP) is 5.56. The zero-order valence-corrected chi connectivity index (χ0v) is 21.1. The maximum Gasteiger partial charge on any atom is 0.411 e. The van der Waals surface area contributed by atoms with E-state index in [1.165, 1.54) is 0 Å². The molecule has 1 aliphatic heterocycles. The quantitative estimate of drug-likeness (QED) is 0.375. The van der Waals surface area contributed by atoms with Crippen LogP contribution in [0.25, 0.3) is 11.1 Å². The molecule has 0 spiro atoms. The third-order valence-corrected chi connectivity index (χ3v) is 6.86. The molecule has 1 unspecified atom stereocenters. The number of cyclic esters (lactones) is 1. The van der Waals surface area contributed by atoms with E-state index in [0.717, 1.165) is 27.0 Å². The van der Waals surface area contributed by atoms with E-state index in [2.05, 4.69) is 0 Å². The third-order valence-electron chi connectivity index (χ3n) is 6.86. The molecular formula is C29H34N2O4. The lowest BCUT2D eigenvalue weighted by Crippen LogP contribution is -2.51. The van der Waals surface area contributed by atoms with Crippen molar-refractivity contribution in [2.75, 3.05) is 6.54 Å². The first-order chi connectivity index (χ1) is 16.5. The molecule has 2 aromatic carbocycles. The molecule has 3 aromatic rings. The lowest BCUT2D eigenvalue weighted by molar-refractivity contribution is -0.619. The molecule has 4 rings (SSSR count). The van der Waals surface area contributed by atoms with Crippen LogP contribution in [0.5, 0.6) is 0 Å².